The Hall–Kier alpha value is -3.05. The van der Waals surface area contributed by atoms with Gasteiger partial charge in [-0.05, 0) is 42.7 Å². The Morgan fingerprint density at radius 3 is 2.65 bits per heavy atom. The van der Waals surface area contributed by atoms with Crippen molar-refractivity contribution < 1.29 is 36.9 Å². The van der Waals surface area contributed by atoms with Gasteiger partial charge in [0.05, 0.1) is 43.5 Å². The second-order valence-corrected chi connectivity index (χ2v) is 8.69. The quantitative estimate of drug-likeness (QED) is 0.439. The third kappa shape index (κ3) is 5.71. The Morgan fingerprint density at radius 2 is 1.97 bits per heavy atom. The number of anilines is 1. The molecule has 0 aliphatic carbocycles. The molecule has 0 N–H and O–H groups in total. The average Bonchev–Trinajstić information content (AvgIpc) is 3.45. The molecule has 11 heteroatoms. The Morgan fingerprint density at radius 1 is 1.18 bits per heavy atom. The van der Waals surface area contributed by atoms with Crippen LogP contribution in [0.3, 0.4) is 0 Å². The van der Waals surface area contributed by atoms with Crippen LogP contribution in [0.1, 0.15) is 18.4 Å². The average molecular weight is 497 g/mol. The van der Waals surface area contributed by atoms with E-state index in [0.717, 1.165) is 29.7 Å². The number of hydrogen-bond acceptors (Lipinski definition) is 7. The molecule has 4 rings (SSSR count). The summed E-state index contributed by atoms with van der Waals surface area (Å²) in [6, 6.07) is 9.16. The van der Waals surface area contributed by atoms with Crippen molar-refractivity contribution in [3.05, 3.63) is 42.0 Å². The number of ether oxygens (including phenoxy) is 4. The first-order valence-corrected chi connectivity index (χ1v) is 11.4. The SMILES string of the molecule is COc1ccc(CC(=O)N(CC2CCCO2)c2nc3ccc(OC(F)(F)F)cc3s2)cc1OC. The zero-order valence-electron chi connectivity index (χ0n) is 18.6. The molecule has 7 nitrogen and oxygen atoms in total. The molecular weight excluding hydrogens is 473 g/mol. The van der Waals surface area contributed by atoms with Crippen molar-refractivity contribution in [2.45, 2.75) is 31.7 Å². The van der Waals surface area contributed by atoms with Crippen LogP contribution < -0.4 is 19.1 Å². The normalized spacial score (nSPS) is 16.0. The van der Waals surface area contributed by atoms with Crippen molar-refractivity contribution in [1.29, 1.82) is 0 Å². The van der Waals surface area contributed by atoms with Gasteiger partial charge in [-0.3, -0.25) is 9.69 Å². The molecule has 1 atom stereocenters. The number of methoxy groups -OCH3 is 2. The molecule has 2 aromatic carbocycles. The van der Waals surface area contributed by atoms with Crippen LogP contribution in [0.2, 0.25) is 0 Å². The van der Waals surface area contributed by atoms with Gasteiger partial charge in [0.15, 0.2) is 16.6 Å². The highest BCUT2D eigenvalue weighted by Gasteiger charge is 2.31. The van der Waals surface area contributed by atoms with Crippen molar-refractivity contribution in [3.8, 4) is 17.2 Å². The van der Waals surface area contributed by atoms with Gasteiger partial charge in [-0.15, -0.1) is 13.2 Å². The van der Waals surface area contributed by atoms with E-state index >= 15 is 0 Å². The summed E-state index contributed by atoms with van der Waals surface area (Å²) in [5.41, 5.74) is 1.20. The van der Waals surface area contributed by atoms with E-state index in [1.807, 2.05) is 0 Å². The lowest BCUT2D eigenvalue weighted by atomic mass is 10.1. The van der Waals surface area contributed by atoms with Crippen LogP contribution in [-0.2, 0) is 16.0 Å². The molecule has 1 aliphatic heterocycles. The minimum atomic E-state index is -4.79. The minimum Gasteiger partial charge on any atom is -0.493 e. The number of aromatic nitrogens is 1. The van der Waals surface area contributed by atoms with Crippen LogP contribution in [0, 0.1) is 0 Å². The van der Waals surface area contributed by atoms with Gasteiger partial charge in [-0.25, -0.2) is 4.98 Å². The second-order valence-electron chi connectivity index (χ2n) is 7.68. The maximum atomic E-state index is 13.4. The summed E-state index contributed by atoms with van der Waals surface area (Å²) < 4.78 is 58.6. The Balaban J connectivity index is 1.61. The van der Waals surface area contributed by atoms with Crippen LogP contribution in [-0.4, -0.2) is 50.7 Å². The third-order valence-corrected chi connectivity index (χ3v) is 6.37. The van der Waals surface area contributed by atoms with Crippen LogP contribution in [0.25, 0.3) is 10.2 Å². The Bertz CT molecular complexity index is 1160. The summed E-state index contributed by atoms with van der Waals surface area (Å²) in [4.78, 5) is 19.4. The predicted molar refractivity (Wildman–Crippen MR) is 121 cm³/mol. The summed E-state index contributed by atoms with van der Waals surface area (Å²) in [6.07, 6.45) is -3.13. The number of thiazole rings is 1. The van der Waals surface area contributed by atoms with Gasteiger partial charge in [0.25, 0.3) is 0 Å². The largest absolute Gasteiger partial charge is 0.573 e. The molecule has 1 aromatic heterocycles. The Kier molecular flexibility index (Phi) is 7.13. The maximum absolute atomic E-state index is 13.4. The van der Waals surface area contributed by atoms with Crippen molar-refractivity contribution >= 4 is 32.6 Å². The lowest BCUT2D eigenvalue weighted by molar-refractivity contribution is -0.274. The summed E-state index contributed by atoms with van der Waals surface area (Å²) in [6.45, 7) is 0.929. The number of carbonyl (C=O) groups excluding carboxylic acids is 1. The summed E-state index contributed by atoms with van der Waals surface area (Å²) >= 11 is 1.13. The number of hydrogen-bond donors (Lipinski definition) is 0. The summed E-state index contributed by atoms with van der Waals surface area (Å²) in [7, 11) is 3.05. The first-order valence-electron chi connectivity index (χ1n) is 10.5. The van der Waals surface area contributed by atoms with E-state index in [9.17, 15) is 18.0 Å². The van der Waals surface area contributed by atoms with Crippen LogP contribution in [0.5, 0.6) is 17.2 Å². The van der Waals surface area contributed by atoms with E-state index in [1.165, 1.54) is 32.4 Å². The third-order valence-electron chi connectivity index (χ3n) is 5.33. The highest BCUT2D eigenvalue weighted by Crippen LogP contribution is 2.34. The first kappa shape index (κ1) is 24.1. The topological polar surface area (TPSA) is 70.1 Å². The molecule has 2 heterocycles. The van der Waals surface area contributed by atoms with Crippen LogP contribution in [0.15, 0.2) is 36.4 Å². The molecule has 34 heavy (non-hydrogen) atoms. The van der Waals surface area contributed by atoms with Gasteiger partial charge >= 0.3 is 6.36 Å². The van der Waals surface area contributed by atoms with Crippen molar-refractivity contribution in [2.75, 3.05) is 32.3 Å². The van der Waals surface area contributed by atoms with Gasteiger partial charge in [0.1, 0.15) is 5.75 Å². The van der Waals surface area contributed by atoms with Crippen LogP contribution >= 0.6 is 11.3 Å². The van der Waals surface area contributed by atoms with Gasteiger partial charge in [-0.2, -0.15) is 0 Å². The van der Waals surface area contributed by atoms with Crippen molar-refractivity contribution in [1.82, 2.24) is 4.98 Å². The van der Waals surface area contributed by atoms with Gasteiger partial charge in [-0.1, -0.05) is 17.4 Å². The van der Waals surface area contributed by atoms with Gasteiger partial charge in [0.2, 0.25) is 5.91 Å². The fourth-order valence-corrected chi connectivity index (χ4v) is 4.77. The summed E-state index contributed by atoms with van der Waals surface area (Å²) in [5, 5.41) is 0.389. The zero-order chi connectivity index (χ0) is 24.3. The van der Waals surface area contributed by atoms with Gasteiger partial charge < -0.3 is 18.9 Å². The van der Waals surface area contributed by atoms with Gasteiger partial charge in [0, 0.05) is 12.7 Å². The Labute approximate surface area is 198 Å². The molecule has 182 valence electrons. The standard InChI is InChI=1S/C23H23F3N2O5S/c1-30-18-8-5-14(10-19(18)31-2)11-21(29)28(13-16-4-3-9-32-16)22-27-17-7-6-15(12-20(17)34-22)33-23(24,25)26/h5-8,10,12,16H,3-4,9,11,13H2,1-2H3. The van der Waals surface area contributed by atoms with Crippen LogP contribution in [0.4, 0.5) is 18.3 Å². The molecule has 0 saturated carbocycles. The summed E-state index contributed by atoms with van der Waals surface area (Å²) in [5.74, 6) is 0.514. The molecule has 3 aromatic rings. The zero-order valence-corrected chi connectivity index (χ0v) is 19.4. The van der Waals surface area contributed by atoms with E-state index < -0.39 is 6.36 Å². The number of benzene rings is 2. The minimum absolute atomic E-state index is 0.0748. The number of carbonyl (C=O) groups is 1. The lowest BCUT2D eigenvalue weighted by Gasteiger charge is -2.23. The molecule has 1 unspecified atom stereocenters. The predicted octanol–water partition coefficient (Wildman–Crippen LogP) is 4.97. The fraction of sp³-hybridized carbons (Fsp3) is 0.391. The number of nitrogens with zero attached hydrogens (tertiary/aromatic N) is 2. The van der Waals surface area contributed by atoms with E-state index in [2.05, 4.69) is 9.72 Å². The van der Waals surface area contributed by atoms with Crippen molar-refractivity contribution in [2.24, 2.45) is 0 Å². The monoisotopic (exact) mass is 496 g/mol. The highest BCUT2D eigenvalue weighted by atomic mass is 32.1. The molecule has 1 aliphatic rings. The van der Waals surface area contributed by atoms with E-state index in [4.69, 9.17) is 14.2 Å². The number of alkyl halides is 3. The first-order chi connectivity index (χ1) is 16.3. The second kappa shape index (κ2) is 10.1. The fourth-order valence-electron chi connectivity index (χ4n) is 3.74. The lowest BCUT2D eigenvalue weighted by Crippen LogP contribution is -2.38. The number of rotatable bonds is 8. The molecule has 0 radical (unpaired) electrons. The number of fused-ring (bicyclic) bond motifs is 1. The number of halogens is 3. The molecule has 0 bridgehead atoms. The number of amides is 1. The molecule has 1 amide bonds. The smallest absolute Gasteiger partial charge is 0.493 e. The van der Waals surface area contributed by atoms with Crippen molar-refractivity contribution in [3.63, 3.8) is 0 Å². The van der Waals surface area contributed by atoms with E-state index in [0.29, 0.717) is 40.0 Å². The molecular formula is C23H23F3N2O5S. The molecule has 1 saturated heterocycles. The molecule has 1 fully saturated rings. The van der Waals surface area contributed by atoms with E-state index in [1.54, 1.807) is 23.1 Å². The maximum Gasteiger partial charge on any atom is 0.573 e. The highest BCUT2D eigenvalue weighted by molar-refractivity contribution is 7.22. The van der Waals surface area contributed by atoms with E-state index in [-0.39, 0.29) is 24.2 Å². The molecule has 0 spiro atoms.